The summed E-state index contributed by atoms with van der Waals surface area (Å²) in [7, 11) is 0. The van der Waals surface area contributed by atoms with Crippen LogP contribution in [-0.2, 0) is 6.61 Å². The molecule has 0 aliphatic rings. The number of aromatic nitrogens is 1. The van der Waals surface area contributed by atoms with Crippen molar-refractivity contribution in [3.8, 4) is 5.75 Å². The van der Waals surface area contributed by atoms with Gasteiger partial charge < -0.3 is 9.72 Å². The van der Waals surface area contributed by atoms with Crippen LogP contribution < -0.4 is 4.74 Å². The smallest absolute Gasteiger partial charge is 0.125 e. The van der Waals surface area contributed by atoms with Crippen LogP contribution in [0.3, 0.4) is 0 Å². The first-order chi connectivity index (χ1) is 9.24. The van der Waals surface area contributed by atoms with E-state index in [2.05, 4.69) is 4.98 Å². The third kappa shape index (κ3) is 2.32. The van der Waals surface area contributed by atoms with Crippen LogP contribution in [0.25, 0.3) is 10.9 Å². The molecule has 0 fully saturated rings. The van der Waals surface area contributed by atoms with E-state index in [1.54, 1.807) is 6.07 Å². The van der Waals surface area contributed by atoms with E-state index in [0.717, 1.165) is 27.8 Å². The van der Waals surface area contributed by atoms with Crippen molar-refractivity contribution in [1.29, 1.82) is 0 Å². The van der Waals surface area contributed by atoms with Crippen molar-refractivity contribution in [2.75, 3.05) is 0 Å². The lowest BCUT2D eigenvalue weighted by Crippen LogP contribution is -1.95. The molecular weight excluding hydrogens is 241 g/mol. The third-order valence-corrected chi connectivity index (χ3v) is 3.21. The Kier molecular flexibility index (Phi) is 2.95. The lowest BCUT2D eigenvalue weighted by atomic mass is 10.2. The van der Waals surface area contributed by atoms with Gasteiger partial charge >= 0.3 is 0 Å². The zero-order valence-electron chi connectivity index (χ0n) is 10.6. The van der Waals surface area contributed by atoms with Gasteiger partial charge in [-0.1, -0.05) is 18.2 Å². The van der Waals surface area contributed by atoms with Gasteiger partial charge in [-0.15, -0.1) is 0 Å². The number of ether oxygens (including phenoxy) is 1. The van der Waals surface area contributed by atoms with Crippen LogP contribution in [0.15, 0.2) is 48.7 Å². The summed E-state index contributed by atoms with van der Waals surface area (Å²) in [4.78, 5) is 3.06. The molecule has 0 saturated heterocycles. The average Bonchev–Trinajstić information content (AvgIpc) is 2.80. The number of nitrogens with one attached hydrogen (secondary N) is 1. The van der Waals surface area contributed by atoms with E-state index in [4.69, 9.17) is 4.74 Å². The fraction of sp³-hybridized carbons (Fsp3) is 0.125. The Morgan fingerprint density at radius 1 is 1.16 bits per heavy atom. The van der Waals surface area contributed by atoms with Crippen molar-refractivity contribution >= 4 is 10.9 Å². The van der Waals surface area contributed by atoms with Gasteiger partial charge in [-0.2, -0.15) is 0 Å². The summed E-state index contributed by atoms with van der Waals surface area (Å²) in [5.41, 5.74) is 2.93. The van der Waals surface area contributed by atoms with E-state index in [1.807, 2.05) is 37.4 Å². The number of aryl methyl sites for hydroxylation is 1. The van der Waals surface area contributed by atoms with E-state index in [9.17, 15) is 4.39 Å². The Morgan fingerprint density at radius 2 is 2.00 bits per heavy atom. The SMILES string of the molecule is Cc1ccccc1OCc1c[nH]c2cc(F)ccc12. The second kappa shape index (κ2) is 4.76. The Bertz CT molecular complexity index is 718. The molecule has 0 bridgehead atoms. The largest absolute Gasteiger partial charge is 0.489 e. The van der Waals surface area contributed by atoms with E-state index in [1.165, 1.54) is 12.1 Å². The van der Waals surface area contributed by atoms with Gasteiger partial charge in [0.05, 0.1) is 0 Å². The van der Waals surface area contributed by atoms with Gasteiger partial charge in [-0.05, 0) is 36.8 Å². The van der Waals surface area contributed by atoms with Crippen molar-refractivity contribution in [1.82, 2.24) is 4.98 Å². The summed E-state index contributed by atoms with van der Waals surface area (Å²) >= 11 is 0. The minimum absolute atomic E-state index is 0.235. The molecule has 2 nitrogen and oxygen atoms in total. The first-order valence-corrected chi connectivity index (χ1v) is 6.18. The topological polar surface area (TPSA) is 25.0 Å². The Hall–Kier alpha value is -2.29. The molecule has 0 spiro atoms. The standard InChI is InChI=1S/C16H14FNO/c1-11-4-2-3-5-16(11)19-10-12-9-18-15-8-13(17)6-7-14(12)15/h2-9,18H,10H2,1H3. The molecule has 19 heavy (non-hydrogen) atoms. The van der Waals surface area contributed by atoms with Crippen LogP contribution in [0.4, 0.5) is 4.39 Å². The monoisotopic (exact) mass is 255 g/mol. The number of hydrogen-bond acceptors (Lipinski definition) is 1. The molecule has 1 N–H and O–H groups in total. The van der Waals surface area contributed by atoms with Crippen LogP contribution in [0.2, 0.25) is 0 Å². The number of aromatic amines is 1. The molecule has 3 aromatic rings. The van der Waals surface area contributed by atoms with E-state index < -0.39 is 0 Å². The number of halogens is 1. The summed E-state index contributed by atoms with van der Waals surface area (Å²) in [5, 5.41) is 0.995. The van der Waals surface area contributed by atoms with Gasteiger partial charge in [0.15, 0.2) is 0 Å². The number of para-hydroxylation sites is 1. The average molecular weight is 255 g/mol. The molecule has 96 valence electrons. The number of benzene rings is 2. The number of H-pyrrole nitrogens is 1. The van der Waals surface area contributed by atoms with Crippen molar-refractivity contribution in [2.24, 2.45) is 0 Å². The fourth-order valence-electron chi connectivity index (χ4n) is 2.15. The lowest BCUT2D eigenvalue weighted by Gasteiger charge is -2.08. The maximum atomic E-state index is 13.1. The van der Waals surface area contributed by atoms with Crippen LogP contribution in [0, 0.1) is 12.7 Å². The predicted octanol–water partition coefficient (Wildman–Crippen LogP) is 4.19. The van der Waals surface area contributed by atoms with Crippen LogP contribution in [0.5, 0.6) is 5.75 Å². The van der Waals surface area contributed by atoms with Crippen LogP contribution in [-0.4, -0.2) is 4.98 Å². The minimum atomic E-state index is -0.235. The molecule has 2 aromatic carbocycles. The van der Waals surface area contributed by atoms with Gasteiger partial charge in [0, 0.05) is 22.7 Å². The van der Waals surface area contributed by atoms with E-state index in [0.29, 0.717) is 6.61 Å². The fourth-order valence-corrected chi connectivity index (χ4v) is 2.15. The highest BCUT2D eigenvalue weighted by atomic mass is 19.1. The quantitative estimate of drug-likeness (QED) is 0.745. The molecule has 0 aliphatic carbocycles. The summed E-state index contributed by atoms with van der Waals surface area (Å²) < 4.78 is 18.9. The van der Waals surface area contributed by atoms with E-state index >= 15 is 0 Å². The van der Waals surface area contributed by atoms with E-state index in [-0.39, 0.29) is 5.82 Å². The Morgan fingerprint density at radius 3 is 2.84 bits per heavy atom. The third-order valence-electron chi connectivity index (χ3n) is 3.21. The number of fused-ring (bicyclic) bond motifs is 1. The maximum Gasteiger partial charge on any atom is 0.125 e. The van der Waals surface area contributed by atoms with Crippen LogP contribution >= 0.6 is 0 Å². The second-order valence-electron chi connectivity index (χ2n) is 4.56. The predicted molar refractivity (Wildman–Crippen MR) is 73.8 cm³/mol. The van der Waals surface area contributed by atoms with Crippen molar-refractivity contribution in [3.63, 3.8) is 0 Å². The molecular formula is C16H14FNO. The zero-order chi connectivity index (χ0) is 13.2. The number of hydrogen-bond donors (Lipinski definition) is 1. The molecule has 1 aromatic heterocycles. The molecule has 1 heterocycles. The summed E-state index contributed by atoms with van der Waals surface area (Å²) in [6.07, 6.45) is 1.86. The van der Waals surface area contributed by atoms with Gasteiger partial charge in [0.1, 0.15) is 18.2 Å². The molecule has 0 aliphatic heterocycles. The highest BCUT2D eigenvalue weighted by molar-refractivity contribution is 5.83. The molecule has 3 rings (SSSR count). The van der Waals surface area contributed by atoms with Crippen LogP contribution in [0.1, 0.15) is 11.1 Å². The summed E-state index contributed by atoms with van der Waals surface area (Å²) in [5.74, 6) is 0.639. The Balaban J connectivity index is 1.84. The molecule has 0 saturated carbocycles. The van der Waals surface area contributed by atoms with Gasteiger partial charge in [0.2, 0.25) is 0 Å². The zero-order valence-corrected chi connectivity index (χ0v) is 10.6. The highest BCUT2D eigenvalue weighted by Crippen LogP contribution is 2.22. The Labute approximate surface area is 110 Å². The van der Waals surface area contributed by atoms with Gasteiger partial charge in [-0.3, -0.25) is 0 Å². The lowest BCUT2D eigenvalue weighted by molar-refractivity contribution is 0.305. The van der Waals surface area contributed by atoms with Crippen molar-refractivity contribution in [2.45, 2.75) is 13.5 Å². The molecule has 0 amide bonds. The molecule has 0 atom stereocenters. The highest BCUT2D eigenvalue weighted by Gasteiger charge is 2.06. The molecule has 0 radical (unpaired) electrons. The van der Waals surface area contributed by atoms with Gasteiger partial charge in [-0.25, -0.2) is 4.39 Å². The minimum Gasteiger partial charge on any atom is -0.489 e. The maximum absolute atomic E-state index is 13.1. The summed E-state index contributed by atoms with van der Waals surface area (Å²) in [6, 6.07) is 12.6. The first kappa shape index (κ1) is 11.8. The summed E-state index contributed by atoms with van der Waals surface area (Å²) in [6.45, 7) is 2.48. The molecule has 0 unspecified atom stereocenters. The number of rotatable bonds is 3. The van der Waals surface area contributed by atoms with Crippen molar-refractivity contribution in [3.05, 3.63) is 65.6 Å². The first-order valence-electron chi connectivity index (χ1n) is 6.18. The normalized spacial score (nSPS) is 10.8. The van der Waals surface area contributed by atoms with Crippen molar-refractivity contribution < 1.29 is 9.13 Å². The van der Waals surface area contributed by atoms with Gasteiger partial charge in [0.25, 0.3) is 0 Å². The second-order valence-corrected chi connectivity index (χ2v) is 4.56. The molecule has 3 heteroatoms.